The molecule has 36 heavy (non-hydrogen) atoms. The van der Waals surface area contributed by atoms with E-state index in [0.29, 0.717) is 0 Å². The van der Waals surface area contributed by atoms with Crippen LogP contribution in [0.15, 0.2) is 121 Å². The van der Waals surface area contributed by atoms with Crippen molar-refractivity contribution >= 4 is 43.1 Å². The smallest absolute Gasteiger partial charge is 0.124 e. The molecule has 0 N–H and O–H groups in total. The highest BCUT2D eigenvalue weighted by Gasteiger charge is 2.17. The summed E-state index contributed by atoms with van der Waals surface area (Å²) >= 11 is 1.78. The van der Waals surface area contributed by atoms with Crippen LogP contribution in [0.4, 0.5) is 0 Å². The molecule has 0 radical (unpaired) electrons. The Morgan fingerprint density at radius 3 is 1.86 bits per heavy atom. The average molecular weight is 478 g/mol. The van der Waals surface area contributed by atoms with E-state index in [1.165, 1.54) is 59.6 Å². The maximum Gasteiger partial charge on any atom is 0.124 e. The van der Waals surface area contributed by atoms with Crippen molar-refractivity contribution in [1.82, 2.24) is 4.98 Å². The summed E-state index contributed by atoms with van der Waals surface area (Å²) in [7, 11) is 0. The van der Waals surface area contributed by atoms with Gasteiger partial charge in [0.2, 0.25) is 0 Å². The Hall–Kier alpha value is -4.27. The minimum absolute atomic E-state index is 1.07. The maximum atomic E-state index is 5.24. The molecule has 1 aromatic heterocycles. The molecule has 0 saturated heterocycles. The summed E-state index contributed by atoms with van der Waals surface area (Å²) in [5.74, 6) is 0. The van der Waals surface area contributed by atoms with Crippen molar-refractivity contribution in [2.45, 2.75) is 6.92 Å². The Labute approximate surface area is 214 Å². The minimum Gasteiger partial charge on any atom is -0.235 e. The van der Waals surface area contributed by atoms with E-state index < -0.39 is 0 Å². The summed E-state index contributed by atoms with van der Waals surface area (Å²) in [6.07, 6.45) is 0. The van der Waals surface area contributed by atoms with Crippen molar-refractivity contribution in [3.8, 4) is 32.8 Å². The number of fused-ring (bicyclic) bond motifs is 3. The van der Waals surface area contributed by atoms with E-state index in [4.69, 9.17) is 4.98 Å². The van der Waals surface area contributed by atoms with Gasteiger partial charge < -0.3 is 0 Å². The Kier molecular flexibility index (Phi) is 4.93. The standard InChI is InChI=1S/C34H23NS/c1-22-10-2-5-15-26(22)34-35-33-31(30-19-9-14-24-12-4-7-17-28(24)30)20-25(21-32(33)36-34)29-18-8-13-23-11-3-6-16-27(23)29/h2-21H,1H3. The van der Waals surface area contributed by atoms with Gasteiger partial charge in [-0.1, -0.05) is 109 Å². The number of benzene rings is 6. The summed E-state index contributed by atoms with van der Waals surface area (Å²) in [5, 5.41) is 6.09. The first kappa shape index (κ1) is 21.0. The molecule has 0 aliphatic carbocycles. The van der Waals surface area contributed by atoms with Crippen molar-refractivity contribution in [3.05, 3.63) is 127 Å². The van der Waals surface area contributed by atoms with Crippen LogP contribution in [-0.4, -0.2) is 4.98 Å². The molecule has 0 unspecified atom stereocenters. The monoisotopic (exact) mass is 477 g/mol. The molecule has 0 bridgehead atoms. The summed E-state index contributed by atoms with van der Waals surface area (Å²) < 4.78 is 1.21. The molecule has 0 fully saturated rings. The molecule has 0 spiro atoms. The average Bonchev–Trinajstić information content (AvgIpc) is 3.36. The molecule has 1 nitrogen and oxygen atoms in total. The van der Waals surface area contributed by atoms with Crippen molar-refractivity contribution in [3.63, 3.8) is 0 Å². The largest absolute Gasteiger partial charge is 0.235 e. The third-order valence-corrected chi connectivity index (χ3v) is 8.09. The van der Waals surface area contributed by atoms with Crippen LogP contribution in [0.2, 0.25) is 0 Å². The molecule has 0 aliphatic heterocycles. The molecule has 6 aromatic carbocycles. The first-order chi connectivity index (χ1) is 17.8. The molecule has 2 heteroatoms. The topological polar surface area (TPSA) is 12.9 Å². The van der Waals surface area contributed by atoms with Gasteiger partial charge >= 0.3 is 0 Å². The van der Waals surface area contributed by atoms with Gasteiger partial charge in [-0.25, -0.2) is 4.98 Å². The molecule has 0 atom stereocenters. The molecular formula is C34H23NS. The van der Waals surface area contributed by atoms with Gasteiger partial charge in [-0.15, -0.1) is 11.3 Å². The van der Waals surface area contributed by atoms with Crippen LogP contribution >= 0.6 is 11.3 Å². The van der Waals surface area contributed by atoms with Gasteiger partial charge in [-0.2, -0.15) is 0 Å². The first-order valence-corrected chi connectivity index (χ1v) is 13.0. The number of nitrogens with zero attached hydrogens (tertiary/aromatic N) is 1. The summed E-state index contributed by atoms with van der Waals surface area (Å²) in [5.41, 5.74) is 8.40. The van der Waals surface area contributed by atoms with Crippen LogP contribution in [0.25, 0.3) is 64.6 Å². The molecule has 170 valence electrons. The highest BCUT2D eigenvalue weighted by Crippen LogP contribution is 2.42. The van der Waals surface area contributed by atoms with Crippen molar-refractivity contribution in [1.29, 1.82) is 0 Å². The van der Waals surface area contributed by atoms with Crippen LogP contribution in [-0.2, 0) is 0 Å². The number of thiazole rings is 1. The van der Waals surface area contributed by atoms with E-state index in [9.17, 15) is 0 Å². The zero-order chi connectivity index (χ0) is 24.1. The Bertz CT molecular complexity index is 1900. The lowest BCUT2D eigenvalue weighted by Crippen LogP contribution is -1.88. The number of hydrogen-bond donors (Lipinski definition) is 0. The Balaban J connectivity index is 1.57. The van der Waals surface area contributed by atoms with Gasteiger partial charge in [0.1, 0.15) is 5.01 Å². The molecular weight excluding hydrogens is 454 g/mol. The van der Waals surface area contributed by atoms with Crippen molar-refractivity contribution in [2.75, 3.05) is 0 Å². The van der Waals surface area contributed by atoms with Crippen LogP contribution < -0.4 is 0 Å². The predicted octanol–water partition coefficient (Wildman–Crippen LogP) is 9.91. The molecule has 0 amide bonds. The lowest BCUT2D eigenvalue weighted by Gasteiger charge is -2.12. The normalized spacial score (nSPS) is 11.5. The highest BCUT2D eigenvalue weighted by molar-refractivity contribution is 7.21. The van der Waals surface area contributed by atoms with E-state index in [0.717, 1.165) is 10.5 Å². The highest BCUT2D eigenvalue weighted by atomic mass is 32.1. The van der Waals surface area contributed by atoms with Crippen LogP contribution in [0.5, 0.6) is 0 Å². The van der Waals surface area contributed by atoms with E-state index in [1.807, 2.05) is 0 Å². The van der Waals surface area contributed by atoms with Gasteiger partial charge in [-0.05, 0) is 62.9 Å². The quantitative estimate of drug-likeness (QED) is 0.247. The second kappa shape index (κ2) is 8.44. The number of rotatable bonds is 3. The third kappa shape index (κ3) is 3.42. The van der Waals surface area contributed by atoms with Gasteiger partial charge in [0.15, 0.2) is 0 Å². The van der Waals surface area contributed by atoms with E-state index in [1.54, 1.807) is 11.3 Å². The zero-order valence-electron chi connectivity index (χ0n) is 19.9. The zero-order valence-corrected chi connectivity index (χ0v) is 20.7. The van der Waals surface area contributed by atoms with Gasteiger partial charge in [0.05, 0.1) is 10.2 Å². The second-order valence-corrected chi connectivity index (χ2v) is 10.3. The van der Waals surface area contributed by atoms with E-state index in [-0.39, 0.29) is 0 Å². The molecule has 1 heterocycles. The minimum atomic E-state index is 1.07. The molecule has 0 aliphatic rings. The second-order valence-electron chi connectivity index (χ2n) is 9.26. The third-order valence-electron chi connectivity index (χ3n) is 7.05. The van der Waals surface area contributed by atoms with Gasteiger partial charge in [0.25, 0.3) is 0 Å². The number of hydrogen-bond acceptors (Lipinski definition) is 2. The van der Waals surface area contributed by atoms with Gasteiger partial charge in [-0.3, -0.25) is 0 Å². The maximum absolute atomic E-state index is 5.24. The fourth-order valence-electron chi connectivity index (χ4n) is 5.26. The summed E-state index contributed by atoms with van der Waals surface area (Å²) in [4.78, 5) is 5.24. The lowest BCUT2D eigenvalue weighted by atomic mass is 9.92. The SMILES string of the molecule is Cc1ccccc1-c1nc2c(-c3cccc4ccccc34)cc(-c3cccc4ccccc34)cc2s1. The van der Waals surface area contributed by atoms with E-state index in [2.05, 4.69) is 128 Å². The Morgan fingerprint density at radius 1 is 0.528 bits per heavy atom. The molecule has 0 saturated carbocycles. The fraction of sp³-hybridized carbons (Fsp3) is 0.0294. The van der Waals surface area contributed by atoms with Crippen molar-refractivity contribution < 1.29 is 0 Å². The van der Waals surface area contributed by atoms with Crippen LogP contribution in [0, 0.1) is 6.92 Å². The Morgan fingerprint density at radius 2 is 1.11 bits per heavy atom. The molecule has 7 aromatic rings. The molecule has 7 rings (SSSR count). The van der Waals surface area contributed by atoms with E-state index >= 15 is 0 Å². The lowest BCUT2D eigenvalue weighted by molar-refractivity contribution is 1.41. The predicted molar refractivity (Wildman–Crippen MR) is 156 cm³/mol. The summed E-state index contributed by atoms with van der Waals surface area (Å²) in [6, 6.07) is 43.6. The number of aromatic nitrogens is 1. The number of aryl methyl sites for hydroxylation is 1. The summed E-state index contributed by atoms with van der Waals surface area (Å²) in [6.45, 7) is 2.16. The van der Waals surface area contributed by atoms with Crippen LogP contribution in [0.3, 0.4) is 0 Å². The van der Waals surface area contributed by atoms with Gasteiger partial charge in [0, 0.05) is 11.1 Å². The fourth-order valence-corrected chi connectivity index (χ4v) is 6.38. The van der Waals surface area contributed by atoms with Crippen molar-refractivity contribution in [2.24, 2.45) is 0 Å². The first-order valence-electron chi connectivity index (χ1n) is 12.2. The van der Waals surface area contributed by atoms with Crippen LogP contribution in [0.1, 0.15) is 5.56 Å².